The van der Waals surface area contributed by atoms with Crippen LogP contribution in [0.1, 0.15) is 4.88 Å². The number of amides is 1. The van der Waals surface area contributed by atoms with Gasteiger partial charge in [-0.3, -0.25) is 20.2 Å². The van der Waals surface area contributed by atoms with Gasteiger partial charge in [0, 0.05) is 22.4 Å². The largest absolute Gasteiger partial charge is 0.324 e. The Balaban J connectivity index is 1.63. The minimum atomic E-state index is -0.462. The molecule has 0 aromatic carbocycles. The van der Waals surface area contributed by atoms with Crippen LogP contribution in [0, 0.1) is 10.1 Å². The lowest BCUT2D eigenvalue weighted by atomic mass is 10.4. The maximum atomic E-state index is 11.9. The van der Waals surface area contributed by atoms with Crippen LogP contribution in [0.2, 0.25) is 4.34 Å². The molecule has 0 fully saturated rings. The van der Waals surface area contributed by atoms with Gasteiger partial charge in [-0.2, -0.15) is 0 Å². The van der Waals surface area contributed by atoms with E-state index in [4.69, 9.17) is 11.6 Å². The van der Waals surface area contributed by atoms with Crippen molar-refractivity contribution >= 4 is 67.7 Å². The van der Waals surface area contributed by atoms with E-state index in [0.29, 0.717) is 14.3 Å². The Hall–Kier alpha value is -2.07. The van der Waals surface area contributed by atoms with Crippen molar-refractivity contribution in [3.63, 3.8) is 0 Å². The minimum Gasteiger partial charge on any atom is -0.298 e. The SMILES string of the molecule is O=C(C=Cc1ccc([N+](=O)[O-])s1)Nc1nc(-c2ccc(Cl)s2)cs1. The molecule has 0 aliphatic rings. The third kappa shape index (κ3) is 4.06. The smallest absolute Gasteiger partial charge is 0.298 e. The zero-order valence-electron chi connectivity index (χ0n) is 11.8. The summed E-state index contributed by atoms with van der Waals surface area (Å²) in [7, 11) is 0. The number of thiophene rings is 2. The highest BCUT2D eigenvalue weighted by Gasteiger charge is 2.10. The van der Waals surface area contributed by atoms with Crippen LogP contribution in [0.5, 0.6) is 0 Å². The van der Waals surface area contributed by atoms with Gasteiger partial charge in [-0.15, -0.1) is 22.7 Å². The fourth-order valence-corrected chi connectivity index (χ4v) is 4.25. The quantitative estimate of drug-likeness (QED) is 0.366. The van der Waals surface area contributed by atoms with Crippen LogP contribution in [-0.4, -0.2) is 15.8 Å². The summed E-state index contributed by atoms with van der Waals surface area (Å²) >= 11 is 9.63. The summed E-state index contributed by atoms with van der Waals surface area (Å²) in [5, 5.41) is 15.6. The first-order valence-corrected chi connectivity index (χ1v) is 9.35. The van der Waals surface area contributed by atoms with Gasteiger partial charge < -0.3 is 0 Å². The third-order valence-corrected chi connectivity index (χ3v) is 5.77. The third-order valence-electron chi connectivity index (χ3n) is 2.75. The molecule has 6 nitrogen and oxygen atoms in total. The summed E-state index contributed by atoms with van der Waals surface area (Å²) in [5.41, 5.74) is 0.755. The molecule has 122 valence electrons. The number of hydrogen-bond donors (Lipinski definition) is 1. The van der Waals surface area contributed by atoms with Crippen molar-refractivity contribution in [2.75, 3.05) is 5.32 Å². The first-order chi connectivity index (χ1) is 11.5. The number of halogens is 1. The number of aromatic nitrogens is 1. The molecule has 3 aromatic rings. The minimum absolute atomic E-state index is 0.0363. The van der Waals surface area contributed by atoms with E-state index < -0.39 is 4.92 Å². The van der Waals surface area contributed by atoms with Gasteiger partial charge in [0.15, 0.2) is 5.13 Å². The fraction of sp³-hybridized carbons (Fsp3) is 0. The van der Waals surface area contributed by atoms with Crippen LogP contribution in [0.4, 0.5) is 10.1 Å². The van der Waals surface area contributed by atoms with Gasteiger partial charge in [-0.1, -0.05) is 22.9 Å². The standard InChI is InChI=1S/C14H8ClN3O3S3/c15-11-4-3-10(24-11)9-7-22-14(16-9)17-12(19)5-1-8-2-6-13(23-8)18(20)21/h1-7H,(H,16,17,19). The number of carbonyl (C=O) groups is 1. The molecular weight excluding hydrogens is 390 g/mol. The van der Waals surface area contributed by atoms with E-state index in [1.165, 1.54) is 40.9 Å². The van der Waals surface area contributed by atoms with Crippen LogP contribution >= 0.6 is 45.6 Å². The summed E-state index contributed by atoms with van der Waals surface area (Å²) in [5.74, 6) is -0.351. The number of anilines is 1. The van der Waals surface area contributed by atoms with E-state index in [2.05, 4.69) is 10.3 Å². The Labute approximate surface area is 153 Å². The number of nitrogens with one attached hydrogen (secondary N) is 1. The molecule has 1 N–H and O–H groups in total. The van der Waals surface area contributed by atoms with Gasteiger partial charge in [0.25, 0.3) is 0 Å². The lowest BCUT2D eigenvalue weighted by Gasteiger charge is -1.95. The number of nitrogens with zero attached hydrogens (tertiary/aromatic N) is 2. The molecule has 3 heterocycles. The Kier molecular flexibility index (Phi) is 5.05. The molecule has 10 heteroatoms. The highest BCUT2D eigenvalue weighted by atomic mass is 35.5. The molecule has 0 aliphatic heterocycles. The molecule has 3 rings (SSSR count). The molecule has 0 unspecified atom stereocenters. The molecule has 0 aliphatic carbocycles. The van der Waals surface area contributed by atoms with E-state index in [0.717, 1.165) is 21.9 Å². The van der Waals surface area contributed by atoms with E-state index in [-0.39, 0.29) is 10.9 Å². The lowest BCUT2D eigenvalue weighted by Crippen LogP contribution is -2.07. The van der Waals surface area contributed by atoms with Crippen LogP contribution in [0.3, 0.4) is 0 Å². The van der Waals surface area contributed by atoms with Crippen molar-refractivity contribution in [3.05, 3.63) is 55.0 Å². The van der Waals surface area contributed by atoms with E-state index in [1.807, 2.05) is 11.4 Å². The number of hydrogen-bond acceptors (Lipinski definition) is 7. The first kappa shape index (κ1) is 16.8. The lowest BCUT2D eigenvalue weighted by molar-refractivity contribution is -0.380. The number of carbonyl (C=O) groups excluding carboxylic acids is 1. The Morgan fingerprint density at radius 2 is 2.12 bits per heavy atom. The number of thiazole rings is 1. The second-order valence-corrected chi connectivity index (χ2v) is 8.06. The zero-order chi connectivity index (χ0) is 17.1. The van der Waals surface area contributed by atoms with E-state index in [1.54, 1.807) is 12.1 Å². The zero-order valence-corrected chi connectivity index (χ0v) is 15.0. The van der Waals surface area contributed by atoms with Gasteiger partial charge in [0.2, 0.25) is 5.91 Å². The van der Waals surface area contributed by atoms with Crippen LogP contribution in [-0.2, 0) is 4.79 Å². The normalized spacial score (nSPS) is 11.0. The van der Waals surface area contributed by atoms with E-state index in [9.17, 15) is 14.9 Å². The highest BCUT2D eigenvalue weighted by Crippen LogP contribution is 2.32. The Bertz CT molecular complexity index is 928. The molecule has 0 saturated carbocycles. The number of rotatable bonds is 5. The number of nitro groups is 1. The Morgan fingerprint density at radius 1 is 1.29 bits per heavy atom. The predicted octanol–water partition coefficient (Wildman–Crippen LogP) is 5.15. The van der Waals surface area contributed by atoms with E-state index >= 15 is 0 Å². The first-order valence-electron chi connectivity index (χ1n) is 6.46. The maximum absolute atomic E-state index is 11.9. The molecule has 24 heavy (non-hydrogen) atoms. The molecule has 0 saturated heterocycles. The Morgan fingerprint density at radius 3 is 2.79 bits per heavy atom. The molecule has 0 radical (unpaired) electrons. The molecule has 0 spiro atoms. The van der Waals surface area contributed by atoms with Gasteiger partial charge in [-0.05, 0) is 24.3 Å². The van der Waals surface area contributed by atoms with Crippen LogP contribution in [0.15, 0.2) is 35.7 Å². The molecule has 1 amide bonds. The van der Waals surface area contributed by atoms with Crippen molar-refractivity contribution in [2.45, 2.75) is 0 Å². The van der Waals surface area contributed by atoms with Gasteiger partial charge in [0.05, 0.1) is 19.8 Å². The monoisotopic (exact) mass is 397 g/mol. The summed E-state index contributed by atoms with van der Waals surface area (Å²) in [6, 6.07) is 6.66. The van der Waals surface area contributed by atoms with Crippen molar-refractivity contribution in [1.82, 2.24) is 4.98 Å². The topological polar surface area (TPSA) is 85.1 Å². The second kappa shape index (κ2) is 7.22. The van der Waals surface area contributed by atoms with Crippen molar-refractivity contribution in [1.29, 1.82) is 0 Å². The molecule has 3 aromatic heterocycles. The van der Waals surface area contributed by atoms with Crippen molar-refractivity contribution < 1.29 is 9.72 Å². The molecular formula is C14H8ClN3O3S3. The van der Waals surface area contributed by atoms with Crippen LogP contribution in [0.25, 0.3) is 16.6 Å². The van der Waals surface area contributed by atoms with Gasteiger partial charge in [-0.25, -0.2) is 4.98 Å². The highest BCUT2D eigenvalue weighted by molar-refractivity contribution is 7.20. The summed E-state index contributed by atoms with van der Waals surface area (Å²) in [6.45, 7) is 0. The van der Waals surface area contributed by atoms with Crippen molar-refractivity contribution in [3.8, 4) is 10.6 Å². The van der Waals surface area contributed by atoms with Crippen LogP contribution < -0.4 is 5.32 Å². The maximum Gasteiger partial charge on any atom is 0.324 e. The summed E-state index contributed by atoms with van der Waals surface area (Å²) < 4.78 is 0.677. The molecule has 0 atom stereocenters. The van der Waals surface area contributed by atoms with Gasteiger partial charge >= 0.3 is 5.00 Å². The fourth-order valence-electron chi connectivity index (χ4n) is 1.73. The average Bonchev–Trinajstić information content (AvgIpc) is 3.25. The average molecular weight is 398 g/mol. The second-order valence-electron chi connectivity index (χ2n) is 4.40. The summed E-state index contributed by atoms with van der Waals surface area (Å²) in [6.07, 6.45) is 2.85. The molecule has 0 bridgehead atoms. The van der Waals surface area contributed by atoms with Crippen molar-refractivity contribution in [2.24, 2.45) is 0 Å². The summed E-state index contributed by atoms with van der Waals surface area (Å²) in [4.78, 5) is 27.9. The van der Waals surface area contributed by atoms with Gasteiger partial charge in [0.1, 0.15) is 0 Å². The predicted molar refractivity (Wildman–Crippen MR) is 99.1 cm³/mol.